The maximum Gasteiger partial charge on any atom is 0.248 e. The topological polar surface area (TPSA) is 73.6 Å². The normalized spacial score (nSPS) is 13.3. The Kier molecular flexibility index (Phi) is 4.14. The van der Waals surface area contributed by atoms with Gasteiger partial charge in [0.1, 0.15) is 0 Å². The van der Waals surface area contributed by atoms with Crippen molar-refractivity contribution >= 4 is 11.6 Å². The second-order valence-corrected chi connectivity index (χ2v) is 5.13. The number of ether oxygens (including phenoxy) is 2. The molecular formula is C17H18N2O3. The van der Waals surface area contributed by atoms with Crippen molar-refractivity contribution in [1.29, 1.82) is 0 Å². The fourth-order valence-electron chi connectivity index (χ4n) is 2.31. The summed E-state index contributed by atoms with van der Waals surface area (Å²) in [5, 5.41) is 3.31. The third-order valence-corrected chi connectivity index (χ3v) is 3.46. The van der Waals surface area contributed by atoms with Gasteiger partial charge in [0, 0.05) is 30.3 Å². The Hall–Kier alpha value is -2.69. The molecule has 0 aromatic heterocycles. The van der Waals surface area contributed by atoms with Gasteiger partial charge in [0.15, 0.2) is 11.5 Å². The van der Waals surface area contributed by atoms with Gasteiger partial charge in [-0.25, -0.2) is 0 Å². The quantitative estimate of drug-likeness (QED) is 0.910. The smallest absolute Gasteiger partial charge is 0.248 e. The fraction of sp³-hybridized carbons (Fsp3) is 0.235. The van der Waals surface area contributed by atoms with Crippen molar-refractivity contribution in [2.24, 2.45) is 5.73 Å². The van der Waals surface area contributed by atoms with Gasteiger partial charge >= 0.3 is 0 Å². The highest BCUT2D eigenvalue weighted by Gasteiger charge is 2.10. The fourth-order valence-corrected chi connectivity index (χ4v) is 2.31. The van der Waals surface area contributed by atoms with Gasteiger partial charge in [0.25, 0.3) is 0 Å². The van der Waals surface area contributed by atoms with Gasteiger partial charge in [-0.15, -0.1) is 0 Å². The lowest BCUT2D eigenvalue weighted by molar-refractivity contribution is 0.1000. The summed E-state index contributed by atoms with van der Waals surface area (Å²) in [7, 11) is 0. The zero-order valence-corrected chi connectivity index (χ0v) is 12.2. The van der Waals surface area contributed by atoms with Gasteiger partial charge in [-0.2, -0.15) is 0 Å². The Morgan fingerprint density at radius 1 is 1.09 bits per heavy atom. The Bertz CT molecular complexity index is 685. The van der Waals surface area contributed by atoms with Crippen LogP contribution in [0.25, 0.3) is 0 Å². The van der Waals surface area contributed by atoms with Crippen LogP contribution in [0.1, 0.15) is 22.3 Å². The Morgan fingerprint density at radius 2 is 1.91 bits per heavy atom. The number of fused-ring (bicyclic) bond motifs is 1. The van der Waals surface area contributed by atoms with E-state index < -0.39 is 5.91 Å². The third kappa shape index (κ3) is 3.31. The molecule has 2 aromatic rings. The summed E-state index contributed by atoms with van der Waals surface area (Å²) in [6, 6.07) is 13.1. The molecule has 5 heteroatoms. The standard InChI is InChI=1S/C17H18N2O3/c18-17(20)13-4-1-3-12(9-13)11-19-14-5-6-15-16(10-14)22-8-2-7-21-15/h1,3-6,9-10,19H,2,7-8,11H2,(H2,18,20). The molecule has 1 amide bonds. The first kappa shape index (κ1) is 14.3. The molecule has 0 fully saturated rings. The number of anilines is 1. The van der Waals surface area contributed by atoms with Crippen LogP contribution in [0.3, 0.4) is 0 Å². The minimum Gasteiger partial charge on any atom is -0.490 e. The summed E-state index contributed by atoms with van der Waals surface area (Å²) in [4.78, 5) is 11.2. The lowest BCUT2D eigenvalue weighted by Gasteiger charge is -2.11. The van der Waals surface area contributed by atoms with Crippen molar-refractivity contribution in [3.8, 4) is 11.5 Å². The third-order valence-electron chi connectivity index (χ3n) is 3.46. The van der Waals surface area contributed by atoms with Crippen molar-refractivity contribution in [3.05, 3.63) is 53.6 Å². The Morgan fingerprint density at radius 3 is 2.73 bits per heavy atom. The average Bonchev–Trinajstić information content (AvgIpc) is 2.78. The first-order valence-corrected chi connectivity index (χ1v) is 7.24. The molecule has 3 rings (SSSR count). The molecule has 114 valence electrons. The van der Waals surface area contributed by atoms with Gasteiger partial charge in [0.05, 0.1) is 13.2 Å². The van der Waals surface area contributed by atoms with Crippen LogP contribution >= 0.6 is 0 Å². The monoisotopic (exact) mass is 298 g/mol. The van der Waals surface area contributed by atoms with Gasteiger partial charge in [0.2, 0.25) is 5.91 Å². The Balaban J connectivity index is 1.70. The van der Waals surface area contributed by atoms with Crippen LogP contribution in [0.15, 0.2) is 42.5 Å². The first-order valence-electron chi connectivity index (χ1n) is 7.24. The molecule has 1 aliphatic heterocycles. The molecule has 0 saturated carbocycles. The summed E-state index contributed by atoms with van der Waals surface area (Å²) in [5.74, 6) is 1.12. The van der Waals surface area contributed by atoms with Crippen LogP contribution in [0.4, 0.5) is 5.69 Å². The minimum atomic E-state index is -0.419. The van der Waals surface area contributed by atoms with Crippen LogP contribution in [0, 0.1) is 0 Å². The van der Waals surface area contributed by atoms with Crippen LogP contribution in [-0.2, 0) is 6.54 Å². The highest BCUT2D eigenvalue weighted by atomic mass is 16.5. The SMILES string of the molecule is NC(=O)c1cccc(CNc2ccc3c(c2)OCCCO3)c1. The number of nitrogens with two attached hydrogens (primary N) is 1. The molecule has 3 N–H and O–H groups in total. The molecule has 22 heavy (non-hydrogen) atoms. The predicted octanol–water partition coefficient (Wildman–Crippen LogP) is 2.56. The molecule has 1 aliphatic rings. The number of rotatable bonds is 4. The number of amides is 1. The largest absolute Gasteiger partial charge is 0.490 e. The van der Waals surface area contributed by atoms with E-state index >= 15 is 0 Å². The maximum absolute atomic E-state index is 11.2. The molecular weight excluding hydrogens is 280 g/mol. The summed E-state index contributed by atoms with van der Waals surface area (Å²) in [5.41, 5.74) is 7.73. The zero-order chi connectivity index (χ0) is 15.4. The molecule has 0 saturated heterocycles. The number of carbonyl (C=O) groups excluding carboxylic acids is 1. The van der Waals surface area contributed by atoms with Crippen molar-refractivity contribution in [2.45, 2.75) is 13.0 Å². The van der Waals surface area contributed by atoms with E-state index in [1.807, 2.05) is 30.3 Å². The van der Waals surface area contributed by atoms with Gasteiger partial charge < -0.3 is 20.5 Å². The zero-order valence-electron chi connectivity index (χ0n) is 12.2. The Labute approximate surface area is 129 Å². The maximum atomic E-state index is 11.2. The highest BCUT2D eigenvalue weighted by molar-refractivity contribution is 5.92. The van der Waals surface area contributed by atoms with E-state index in [2.05, 4.69) is 5.32 Å². The van der Waals surface area contributed by atoms with E-state index in [-0.39, 0.29) is 0 Å². The lowest BCUT2D eigenvalue weighted by atomic mass is 10.1. The number of hydrogen-bond donors (Lipinski definition) is 2. The van der Waals surface area contributed by atoms with Crippen LogP contribution < -0.4 is 20.5 Å². The summed E-state index contributed by atoms with van der Waals surface area (Å²) < 4.78 is 11.3. The van der Waals surface area contributed by atoms with E-state index in [9.17, 15) is 4.79 Å². The van der Waals surface area contributed by atoms with Crippen LogP contribution in [0.5, 0.6) is 11.5 Å². The number of benzene rings is 2. The first-order chi connectivity index (χ1) is 10.7. The lowest BCUT2D eigenvalue weighted by Crippen LogP contribution is -2.11. The molecule has 5 nitrogen and oxygen atoms in total. The molecule has 1 heterocycles. The number of carbonyl (C=O) groups is 1. The van der Waals surface area contributed by atoms with Crippen LogP contribution in [0.2, 0.25) is 0 Å². The van der Waals surface area contributed by atoms with Gasteiger partial charge in [-0.3, -0.25) is 4.79 Å². The van der Waals surface area contributed by atoms with E-state index in [1.54, 1.807) is 12.1 Å². The van der Waals surface area contributed by atoms with Gasteiger partial charge in [-0.1, -0.05) is 12.1 Å². The summed E-state index contributed by atoms with van der Waals surface area (Å²) in [6.07, 6.45) is 0.886. The predicted molar refractivity (Wildman–Crippen MR) is 84.3 cm³/mol. The highest BCUT2D eigenvalue weighted by Crippen LogP contribution is 2.32. The van der Waals surface area contributed by atoms with E-state index in [4.69, 9.17) is 15.2 Å². The molecule has 0 spiro atoms. The minimum absolute atomic E-state index is 0.419. The summed E-state index contributed by atoms with van der Waals surface area (Å²) in [6.45, 7) is 1.94. The molecule has 0 atom stereocenters. The molecule has 0 unspecified atom stereocenters. The number of primary amides is 1. The molecule has 0 aliphatic carbocycles. The van der Waals surface area contributed by atoms with Crippen molar-refractivity contribution < 1.29 is 14.3 Å². The van der Waals surface area contributed by atoms with Crippen molar-refractivity contribution in [1.82, 2.24) is 0 Å². The van der Waals surface area contributed by atoms with E-state index in [0.717, 1.165) is 29.2 Å². The second-order valence-electron chi connectivity index (χ2n) is 5.13. The van der Waals surface area contributed by atoms with E-state index in [0.29, 0.717) is 25.3 Å². The van der Waals surface area contributed by atoms with E-state index in [1.165, 1.54) is 0 Å². The van der Waals surface area contributed by atoms with Crippen molar-refractivity contribution in [2.75, 3.05) is 18.5 Å². The number of nitrogens with one attached hydrogen (secondary N) is 1. The summed E-state index contributed by atoms with van der Waals surface area (Å²) >= 11 is 0. The molecule has 0 bridgehead atoms. The van der Waals surface area contributed by atoms with Crippen molar-refractivity contribution in [3.63, 3.8) is 0 Å². The van der Waals surface area contributed by atoms with Gasteiger partial charge in [-0.05, 0) is 29.8 Å². The second kappa shape index (κ2) is 6.39. The molecule has 0 radical (unpaired) electrons. The van der Waals surface area contributed by atoms with Crippen LogP contribution in [-0.4, -0.2) is 19.1 Å². The average molecular weight is 298 g/mol. The number of hydrogen-bond acceptors (Lipinski definition) is 4. The molecule has 2 aromatic carbocycles.